The highest BCUT2D eigenvalue weighted by Crippen LogP contribution is 2.39. The van der Waals surface area contributed by atoms with E-state index in [2.05, 4.69) is 0 Å². The maximum absolute atomic E-state index is 13.4. The van der Waals surface area contributed by atoms with Crippen molar-refractivity contribution in [2.24, 2.45) is 0 Å². The predicted octanol–water partition coefficient (Wildman–Crippen LogP) is 3.25. The second-order valence-corrected chi connectivity index (χ2v) is 8.86. The number of sulfonamides is 1. The molecule has 1 atom stereocenters. The minimum absolute atomic E-state index is 0.00365. The molecule has 5 nitrogen and oxygen atoms in total. The first-order valence-electron chi connectivity index (χ1n) is 7.42. The number of carboxylic acid groups (broad SMARTS) is 1. The molecule has 1 aliphatic heterocycles. The lowest BCUT2D eigenvalue weighted by molar-refractivity contribution is -0.138. The average molecular weight is 377 g/mol. The Hall–Kier alpha value is -2.45. The van der Waals surface area contributed by atoms with Gasteiger partial charge in [0.05, 0.1) is 5.69 Å². The first kappa shape index (κ1) is 16.0. The van der Waals surface area contributed by atoms with Crippen molar-refractivity contribution in [1.29, 1.82) is 0 Å². The summed E-state index contributed by atoms with van der Waals surface area (Å²) in [7, 11) is -4.07. The van der Waals surface area contributed by atoms with Crippen molar-refractivity contribution in [1.82, 2.24) is 0 Å². The van der Waals surface area contributed by atoms with Crippen LogP contribution in [0.3, 0.4) is 0 Å². The summed E-state index contributed by atoms with van der Waals surface area (Å²) in [5.74, 6) is -1.66. The van der Waals surface area contributed by atoms with Crippen LogP contribution in [0.4, 0.5) is 10.1 Å². The fourth-order valence-corrected chi connectivity index (χ4v) is 6.17. The molecule has 1 aliphatic rings. The molecule has 0 fully saturated rings. The van der Waals surface area contributed by atoms with Crippen LogP contribution in [0.1, 0.15) is 5.56 Å². The van der Waals surface area contributed by atoms with E-state index < -0.39 is 27.9 Å². The van der Waals surface area contributed by atoms with Gasteiger partial charge in [0.2, 0.25) is 0 Å². The molecule has 0 spiro atoms. The van der Waals surface area contributed by atoms with Gasteiger partial charge in [-0.25, -0.2) is 17.6 Å². The van der Waals surface area contributed by atoms with Gasteiger partial charge in [-0.15, -0.1) is 11.3 Å². The molecule has 2 heterocycles. The Morgan fingerprint density at radius 3 is 2.72 bits per heavy atom. The van der Waals surface area contributed by atoms with Crippen LogP contribution in [-0.4, -0.2) is 25.5 Å². The molecule has 0 saturated carbocycles. The maximum atomic E-state index is 13.4. The third-order valence-corrected chi connectivity index (χ3v) is 7.57. The number of carbonyl (C=O) groups is 1. The predicted molar refractivity (Wildman–Crippen MR) is 93.0 cm³/mol. The largest absolute Gasteiger partial charge is 0.480 e. The van der Waals surface area contributed by atoms with E-state index in [4.69, 9.17) is 0 Å². The summed E-state index contributed by atoms with van der Waals surface area (Å²) in [6.07, 6.45) is 0.115. The number of fused-ring (bicyclic) bond motifs is 2. The minimum atomic E-state index is -4.07. The molecule has 0 aliphatic carbocycles. The van der Waals surface area contributed by atoms with Gasteiger partial charge in [-0.05, 0) is 41.3 Å². The molecule has 8 heteroatoms. The fraction of sp³-hybridized carbons (Fsp3) is 0.118. The number of hydrogen-bond acceptors (Lipinski definition) is 4. The second-order valence-electron chi connectivity index (χ2n) is 5.74. The van der Waals surface area contributed by atoms with E-state index in [1.54, 1.807) is 24.3 Å². The molecule has 4 rings (SSSR count). The molecule has 25 heavy (non-hydrogen) atoms. The first-order valence-corrected chi connectivity index (χ1v) is 9.68. The Morgan fingerprint density at radius 1 is 1.20 bits per heavy atom. The van der Waals surface area contributed by atoms with E-state index in [0.29, 0.717) is 21.3 Å². The van der Waals surface area contributed by atoms with Gasteiger partial charge in [-0.2, -0.15) is 0 Å². The molecule has 2 aromatic carbocycles. The zero-order valence-electron chi connectivity index (χ0n) is 12.7. The van der Waals surface area contributed by atoms with Crippen LogP contribution in [0, 0.1) is 5.82 Å². The Balaban J connectivity index is 1.88. The smallest absolute Gasteiger partial charge is 0.327 e. The van der Waals surface area contributed by atoms with Gasteiger partial charge in [0.1, 0.15) is 16.1 Å². The molecule has 0 saturated heterocycles. The first-order chi connectivity index (χ1) is 11.9. The van der Waals surface area contributed by atoms with Gasteiger partial charge >= 0.3 is 5.97 Å². The summed E-state index contributed by atoms with van der Waals surface area (Å²) in [4.78, 5) is 11.6. The molecule has 128 valence electrons. The quantitative estimate of drug-likeness (QED) is 0.760. The van der Waals surface area contributed by atoms with Crippen LogP contribution < -0.4 is 4.31 Å². The van der Waals surface area contributed by atoms with Crippen molar-refractivity contribution >= 4 is 43.1 Å². The summed E-state index contributed by atoms with van der Waals surface area (Å²) in [5.41, 5.74) is 1.05. The van der Waals surface area contributed by atoms with E-state index >= 15 is 0 Å². The van der Waals surface area contributed by atoms with E-state index in [-0.39, 0.29) is 10.6 Å². The number of rotatable bonds is 3. The van der Waals surface area contributed by atoms with E-state index in [9.17, 15) is 22.7 Å². The third kappa shape index (κ3) is 2.49. The number of hydrogen-bond donors (Lipinski definition) is 1. The number of carboxylic acids is 1. The molecular formula is C17H12FNO4S2. The van der Waals surface area contributed by atoms with E-state index in [1.165, 1.54) is 24.3 Å². The van der Waals surface area contributed by atoms with Crippen molar-refractivity contribution in [3.05, 3.63) is 59.9 Å². The molecule has 0 amide bonds. The highest BCUT2D eigenvalue weighted by atomic mass is 32.2. The molecule has 1 N–H and O–H groups in total. The number of aliphatic carboxylic acids is 1. The standard InChI is InChI=1S/C17H12FNO4S2/c18-12-5-6-15-11(7-12)9-16(24-15)25(22,23)19-13-4-2-1-3-10(13)8-14(19)17(20)21/h1-7,9,14H,8H2,(H,20,21). The lowest BCUT2D eigenvalue weighted by atomic mass is 10.1. The van der Waals surface area contributed by atoms with Gasteiger partial charge in [0, 0.05) is 11.1 Å². The summed E-state index contributed by atoms with van der Waals surface area (Å²) in [6, 6.07) is 11.0. The highest BCUT2D eigenvalue weighted by molar-refractivity contribution is 7.95. The Bertz CT molecular complexity index is 1110. The molecule has 3 aromatic rings. The van der Waals surface area contributed by atoms with Crippen LogP contribution >= 0.6 is 11.3 Å². The lowest BCUT2D eigenvalue weighted by Crippen LogP contribution is -2.42. The van der Waals surface area contributed by atoms with Gasteiger partial charge in [0.15, 0.2) is 0 Å². The van der Waals surface area contributed by atoms with Gasteiger partial charge in [0.25, 0.3) is 10.0 Å². The SMILES string of the molecule is O=C(O)C1Cc2ccccc2N1S(=O)(=O)c1cc2cc(F)ccc2s1. The number of thiophene rings is 1. The summed E-state index contributed by atoms with van der Waals surface area (Å²) in [6.45, 7) is 0. The van der Waals surface area contributed by atoms with Crippen molar-refractivity contribution < 1.29 is 22.7 Å². The van der Waals surface area contributed by atoms with Crippen molar-refractivity contribution in [2.45, 2.75) is 16.7 Å². The van der Waals surface area contributed by atoms with Gasteiger partial charge in [-0.3, -0.25) is 4.31 Å². The highest BCUT2D eigenvalue weighted by Gasteiger charge is 2.42. The Morgan fingerprint density at radius 2 is 1.96 bits per heavy atom. The van der Waals surface area contributed by atoms with Gasteiger partial charge in [-0.1, -0.05) is 18.2 Å². The Labute approximate surface area is 147 Å². The summed E-state index contributed by atoms with van der Waals surface area (Å²) in [5, 5.41) is 9.96. The molecule has 0 radical (unpaired) electrons. The normalized spacial score (nSPS) is 17.0. The van der Waals surface area contributed by atoms with E-state index in [1.807, 2.05) is 0 Å². The van der Waals surface area contributed by atoms with Crippen LogP contribution in [0.2, 0.25) is 0 Å². The van der Waals surface area contributed by atoms with Crippen molar-refractivity contribution in [3.8, 4) is 0 Å². The van der Waals surface area contributed by atoms with Crippen molar-refractivity contribution in [2.75, 3.05) is 4.31 Å². The summed E-state index contributed by atoms with van der Waals surface area (Å²) < 4.78 is 41.3. The molecule has 1 aromatic heterocycles. The monoisotopic (exact) mass is 377 g/mol. The van der Waals surface area contributed by atoms with Gasteiger partial charge < -0.3 is 5.11 Å². The van der Waals surface area contributed by atoms with Crippen LogP contribution in [-0.2, 0) is 21.2 Å². The fourth-order valence-electron chi connectivity index (χ4n) is 3.06. The lowest BCUT2D eigenvalue weighted by Gasteiger charge is -2.23. The topological polar surface area (TPSA) is 74.7 Å². The number of anilines is 1. The van der Waals surface area contributed by atoms with Crippen LogP contribution in [0.5, 0.6) is 0 Å². The van der Waals surface area contributed by atoms with Crippen LogP contribution in [0.25, 0.3) is 10.1 Å². The number of benzene rings is 2. The Kier molecular flexibility index (Phi) is 3.55. The van der Waals surface area contributed by atoms with Crippen LogP contribution in [0.15, 0.2) is 52.7 Å². The second kappa shape index (κ2) is 5.53. The number of halogens is 1. The van der Waals surface area contributed by atoms with Crippen molar-refractivity contribution in [3.63, 3.8) is 0 Å². The zero-order valence-corrected chi connectivity index (χ0v) is 14.3. The molecule has 1 unspecified atom stereocenters. The summed E-state index contributed by atoms with van der Waals surface area (Å²) >= 11 is 0.999. The molecular weight excluding hydrogens is 365 g/mol. The zero-order chi connectivity index (χ0) is 17.8. The minimum Gasteiger partial charge on any atom is -0.480 e. The van der Waals surface area contributed by atoms with E-state index in [0.717, 1.165) is 15.6 Å². The third-order valence-electron chi connectivity index (χ3n) is 4.18. The number of nitrogens with zero attached hydrogens (tertiary/aromatic N) is 1. The average Bonchev–Trinajstić information content (AvgIpc) is 3.16. The maximum Gasteiger partial charge on any atom is 0.327 e. The molecule has 0 bridgehead atoms. The number of para-hydroxylation sites is 1.